The van der Waals surface area contributed by atoms with Crippen LogP contribution in [0.5, 0.6) is 0 Å². The van der Waals surface area contributed by atoms with Crippen molar-refractivity contribution >= 4 is 17.3 Å². The van der Waals surface area contributed by atoms with Crippen LogP contribution in [0, 0.1) is 22.9 Å². The zero-order chi connectivity index (χ0) is 14.9. The molecule has 6 nitrogen and oxygen atoms in total. The molecule has 104 valence electrons. The van der Waals surface area contributed by atoms with Crippen LogP contribution in [0.3, 0.4) is 0 Å². The van der Waals surface area contributed by atoms with Gasteiger partial charge in [0.1, 0.15) is 16.8 Å². The standard InChI is InChI=1S/C12H9ClFN3O3/c1-7-15-11(13)5-12(18)16(7)6-8-2-9(14)4-10(3-8)17(19)20/h2-5H,6H2,1H3. The largest absolute Gasteiger partial charge is 0.292 e. The Morgan fingerprint density at radius 1 is 1.40 bits per heavy atom. The zero-order valence-electron chi connectivity index (χ0n) is 10.3. The third kappa shape index (κ3) is 3.00. The van der Waals surface area contributed by atoms with Crippen LogP contribution in [0.15, 0.2) is 29.1 Å². The van der Waals surface area contributed by atoms with Gasteiger partial charge in [-0.3, -0.25) is 19.5 Å². The number of aromatic nitrogens is 2. The Labute approximate surface area is 117 Å². The summed E-state index contributed by atoms with van der Waals surface area (Å²) >= 11 is 5.64. The predicted octanol–water partition coefficient (Wildman–Crippen LogP) is 2.30. The van der Waals surface area contributed by atoms with Crippen LogP contribution < -0.4 is 5.56 Å². The Morgan fingerprint density at radius 2 is 2.10 bits per heavy atom. The second-order valence-electron chi connectivity index (χ2n) is 4.13. The van der Waals surface area contributed by atoms with Crippen LogP contribution in [-0.4, -0.2) is 14.5 Å². The third-order valence-corrected chi connectivity index (χ3v) is 2.86. The van der Waals surface area contributed by atoms with Gasteiger partial charge in [-0.05, 0) is 18.6 Å². The van der Waals surface area contributed by atoms with Crippen molar-refractivity contribution < 1.29 is 9.31 Å². The van der Waals surface area contributed by atoms with Gasteiger partial charge in [0.15, 0.2) is 0 Å². The minimum Gasteiger partial charge on any atom is -0.292 e. The summed E-state index contributed by atoms with van der Waals surface area (Å²) in [4.78, 5) is 25.7. The molecule has 1 heterocycles. The topological polar surface area (TPSA) is 78.0 Å². The molecule has 0 amide bonds. The number of benzene rings is 1. The van der Waals surface area contributed by atoms with Gasteiger partial charge in [0.05, 0.1) is 17.5 Å². The van der Waals surface area contributed by atoms with E-state index in [1.54, 1.807) is 6.92 Å². The minimum atomic E-state index is -0.734. The first-order chi connectivity index (χ1) is 9.36. The maximum Gasteiger partial charge on any atom is 0.272 e. The van der Waals surface area contributed by atoms with Crippen molar-refractivity contribution in [2.45, 2.75) is 13.5 Å². The molecule has 2 aromatic rings. The predicted molar refractivity (Wildman–Crippen MR) is 70.4 cm³/mol. The molecule has 0 saturated heterocycles. The average molecular weight is 298 g/mol. The van der Waals surface area contributed by atoms with E-state index in [2.05, 4.69) is 4.98 Å². The molecular formula is C12H9ClFN3O3. The van der Waals surface area contributed by atoms with Gasteiger partial charge in [-0.1, -0.05) is 11.6 Å². The number of aryl methyl sites for hydroxylation is 1. The van der Waals surface area contributed by atoms with E-state index in [9.17, 15) is 19.3 Å². The number of nitrogens with zero attached hydrogens (tertiary/aromatic N) is 3. The number of nitro groups is 1. The Balaban J connectivity index is 2.45. The molecule has 0 aliphatic rings. The Bertz CT molecular complexity index is 745. The fraction of sp³-hybridized carbons (Fsp3) is 0.167. The van der Waals surface area contributed by atoms with Crippen molar-refractivity contribution in [2.24, 2.45) is 0 Å². The molecule has 0 fully saturated rings. The van der Waals surface area contributed by atoms with Crippen LogP contribution >= 0.6 is 11.6 Å². The summed E-state index contributed by atoms with van der Waals surface area (Å²) in [5, 5.41) is 10.7. The van der Waals surface area contributed by atoms with E-state index in [0.29, 0.717) is 11.4 Å². The van der Waals surface area contributed by atoms with E-state index in [4.69, 9.17) is 11.6 Å². The summed E-state index contributed by atoms with van der Waals surface area (Å²) in [5.41, 5.74) is -0.479. The summed E-state index contributed by atoms with van der Waals surface area (Å²) in [6.45, 7) is 1.55. The zero-order valence-corrected chi connectivity index (χ0v) is 11.1. The van der Waals surface area contributed by atoms with Gasteiger partial charge in [-0.25, -0.2) is 9.37 Å². The van der Waals surface area contributed by atoms with Gasteiger partial charge in [-0.15, -0.1) is 0 Å². The molecule has 0 saturated carbocycles. The van der Waals surface area contributed by atoms with Gasteiger partial charge < -0.3 is 0 Å². The molecule has 0 bridgehead atoms. The number of halogens is 2. The molecule has 0 N–H and O–H groups in total. The molecule has 20 heavy (non-hydrogen) atoms. The fourth-order valence-electron chi connectivity index (χ4n) is 1.79. The highest BCUT2D eigenvalue weighted by Gasteiger charge is 2.12. The van der Waals surface area contributed by atoms with Crippen LogP contribution in [0.4, 0.5) is 10.1 Å². The molecule has 0 radical (unpaired) electrons. The molecule has 0 atom stereocenters. The van der Waals surface area contributed by atoms with Crippen molar-refractivity contribution in [3.05, 3.63) is 67.1 Å². The highest BCUT2D eigenvalue weighted by atomic mass is 35.5. The first-order valence-electron chi connectivity index (χ1n) is 5.54. The average Bonchev–Trinajstić information content (AvgIpc) is 2.33. The second kappa shape index (κ2) is 5.38. The molecule has 0 aliphatic heterocycles. The van der Waals surface area contributed by atoms with E-state index >= 15 is 0 Å². The Morgan fingerprint density at radius 3 is 2.70 bits per heavy atom. The minimum absolute atomic E-state index is 0.0204. The Kier molecular flexibility index (Phi) is 3.80. The van der Waals surface area contributed by atoms with Crippen molar-refractivity contribution in [3.8, 4) is 0 Å². The number of non-ortho nitro benzene ring substituents is 1. The summed E-state index contributed by atoms with van der Waals surface area (Å²) < 4.78 is 14.6. The van der Waals surface area contributed by atoms with E-state index in [1.165, 1.54) is 10.6 Å². The molecule has 1 aromatic heterocycles. The molecular weight excluding hydrogens is 289 g/mol. The van der Waals surface area contributed by atoms with E-state index in [1.807, 2.05) is 0 Å². The number of hydrogen-bond acceptors (Lipinski definition) is 4. The quantitative estimate of drug-likeness (QED) is 0.495. The first kappa shape index (κ1) is 14.1. The van der Waals surface area contributed by atoms with Crippen molar-refractivity contribution in [1.29, 1.82) is 0 Å². The van der Waals surface area contributed by atoms with Crippen LogP contribution in [0.25, 0.3) is 0 Å². The number of hydrogen-bond donors (Lipinski definition) is 0. The Hall–Kier alpha value is -2.28. The fourth-order valence-corrected chi connectivity index (χ4v) is 2.01. The van der Waals surface area contributed by atoms with Gasteiger partial charge >= 0.3 is 0 Å². The SMILES string of the molecule is Cc1nc(Cl)cc(=O)n1Cc1cc(F)cc([N+](=O)[O-])c1. The monoisotopic (exact) mass is 297 g/mol. The van der Waals surface area contributed by atoms with Crippen LogP contribution in [0.2, 0.25) is 5.15 Å². The van der Waals surface area contributed by atoms with Crippen LogP contribution in [-0.2, 0) is 6.54 Å². The highest BCUT2D eigenvalue weighted by molar-refractivity contribution is 6.29. The lowest BCUT2D eigenvalue weighted by atomic mass is 10.2. The molecule has 1 aromatic carbocycles. The van der Waals surface area contributed by atoms with E-state index in [-0.39, 0.29) is 17.4 Å². The van der Waals surface area contributed by atoms with Gasteiger partial charge in [0.25, 0.3) is 11.2 Å². The smallest absolute Gasteiger partial charge is 0.272 e. The van der Waals surface area contributed by atoms with Crippen molar-refractivity contribution in [2.75, 3.05) is 0 Å². The molecule has 0 aliphatic carbocycles. The molecule has 2 rings (SSSR count). The van der Waals surface area contributed by atoms with Crippen LogP contribution in [0.1, 0.15) is 11.4 Å². The maximum atomic E-state index is 13.3. The summed E-state index contributed by atoms with van der Waals surface area (Å²) in [6.07, 6.45) is 0. The summed E-state index contributed by atoms with van der Waals surface area (Å²) in [7, 11) is 0. The number of nitro benzene ring substituents is 1. The maximum absolute atomic E-state index is 13.3. The second-order valence-corrected chi connectivity index (χ2v) is 4.51. The molecule has 8 heteroatoms. The molecule has 0 spiro atoms. The van der Waals surface area contributed by atoms with Crippen molar-refractivity contribution in [1.82, 2.24) is 9.55 Å². The normalized spacial score (nSPS) is 10.6. The van der Waals surface area contributed by atoms with Gasteiger partial charge in [-0.2, -0.15) is 0 Å². The van der Waals surface area contributed by atoms with Gasteiger partial charge in [0.2, 0.25) is 0 Å². The number of rotatable bonds is 3. The summed E-state index contributed by atoms with van der Waals surface area (Å²) in [5.74, 6) is -0.392. The molecule has 0 unspecified atom stereocenters. The highest BCUT2D eigenvalue weighted by Crippen LogP contribution is 2.17. The van der Waals surface area contributed by atoms with E-state index in [0.717, 1.165) is 18.2 Å². The van der Waals surface area contributed by atoms with Gasteiger partial charge in [0, 0.05) is 12.1 Å². The van der Waals surface area contributed by atoms with E-state index < -0.39 is 16.3 Å². The first-order valence-corrected chi connectivity index (χ1v) is 5.92. The lowest BCUT2D eigenvalue weighted by Gasteiger charge is -2.09. The van der Waals surface area contributed by atoms with Crippen molar-refractivity contribution in [3.63, 3.8) is 0 Å². The summed E-state index contributed by atoms with van der Waals surface area (Å²) in [6, 6.07) is 4.29. The lowest BCUT2D eigenvalue weighted by Crippen LogP contribution is -2.23. The lowest BCUT2D eigenvalue weighted by molar-refractivity contribution is -0.385. The third-order valence-electron chi connectivity index (χ3n) is 2.66.